The number of phosphoric ester groups is 2. The van der Waals surface area contributed by atoms with E-state index in [0.29, 0.717) is 32.1 Å². The fourth-order valence-electron chi connectivity index (χ4n) is 10.0. The Balaban J connectivity index is 5.43. The summed E-state index contributed by atoms with van der Waals surface area (Å²) >= 11 is 0. The van der Waals surface area contributed by atoms with Crippen molar-refractivity contribution in [2.75, 3.05) is 39.6 Å². The maximum absolute atomic E-state index is 13.1. The third kappa shape index (κ3) is 74.9. The molecule has 0 aliphatic heterocycles. The summed E-state index contributed by atoms with van der Waals surface area (Å²) in [6.45, 7) is 4.41. The first-order valence-corrected chi connectivity index (χ1v) is 42.7. The van der Waals surface area contributed by atoms with Crippen LogP contribution in [0.15, 0.2) is 158 Å². The van der Waals surface area contributed by atoms with E-state index in [9.17, 15) is 43.2 Å². The zero-order valence-electron chi connectivity index (χ0n) is 64.6. The minimum absolute atomic E-state index is 0.0337. The van der Waals surface area contributed by atoms with Crippen molar-refractivity contribution in [2.24, 2.45) is 0 Å². The molecule has 5 unspecified atom stereocenters. The zero-order chi connectivity index (χ0) is 76.0. The Morgan fingerprint density at radius 2 is 0.500 bits per heavy atom. The van der Waals surface area contributed by atoms with Gasteiger partial charge in [-0.05, 0) is 167 Å². The Bertz CT molecular complexity index is 2590. The average Bonchev–Trinajstić information content (AvgIpc) is 0.911. The zero-order valence-corrected chi connectivity index (χ0v) is 66.4. The number of esters is 4. The first-order valence-electron chi connectivity index (χ1n) is 39.7. The van der Waals surface area contributed by atoms with E-state index in [2.05, 4.69) is 186 Å². The minimum Gasteiger partial charge on any atom is -0.462 e. The van der Waals surface area contributed by atoms with Crippen molar-refractivity contribution in [1.82, 2.24) is 0 Å². The van der Waals surface area contributed by atoms with Crippen molar-refractivity contribution in [2.45, 2.75) is 316 Å². The van der Waals surface area contributed by atoms with Gasteiger partial charge in [0.05, 0.1) is 26.4 Å². The van der Waals surface area contributed by atoms with Crippen molar-refractivity contribution >= 4 is 39.5 Å². The van der Waals surface area contributed by atoms with Crippen LogP contribution >= 0.6 is 15.6 Å². The van der Waals surface area contributed by atoms with Crippen LogP contribution < -0.4 is 0 Å². The molecule has 0 aliphatic rings. The highest BCUT2D eigenvalue weighted by Crippen LogP contribution is 2.45. The maximum Gasteiger partial charge on any atom is 0.472 e. The van der Waals surface area contributed by atoms with Gasteiger partial charge in [0.15, 0.2) is 12.2 Å². The molecule has 0 spiro atoms. The number of carbonyl (C=O) groups excluding carboxylic acids is 4. The monoisotopic (exact) mass is 1490 g/mol. The van der Waals surface area contributed by atoms with E-state index in [1.807, 2.05) is 0 Å². The third-order valence-corrected chi connectivity index (χ3v) is 17.9. The normalized spacial score (nSPS) is 14.7. The summed E-state index contributed by atoms with van der Waals surface area (Å²) in [5, 5.41) is 10.6. The van der Waals surface area contributed by atoms with Crippen molar-refractivity contribution < 1.29 is 80.2 Å². The first-order chi connectivity index (χ1) is 50.7. The van der Waals surface area contributed by atoms with Gasteiger partial charge in [-0.1, -0.05) is 263 Å². The van der Waals surface area contributed by atoms with Gasteiger partial charge in [0.2, 0.25) is 0 Å². The molecule has 0 aromatic carbocycles. The van der Waals surface area contributed by atoms with Gasteiger partial charge in [-0.2, -0.15) is 0 Å². The molecule has 5 atom stereocenters. The molecular formula is C85H140O17P2. The molecule has 0 radical (unpaired) electrons. The molecule has 0 fully saturated rings. The highest BCUT2D eigenvalue weighted by atomic mass is 31.2. The van der Waals surface area contributed by atoms with Crippen LogP contribution in [0.1, 0.15) is 297 Å². The van der Waals surface area contributed by atoms with Gasteiger partial charge < -0.3 is 33.8 Å². The molecule has 0 aliphatic carbocycles. The summed E-state index contributed by atoms with van der Waals surface area (Å²) in [5.41, 5.74) is 0. The van der Waals surface area contributed by atoms with E-state index in [-0.39, 0.29) is 25.7 Å². The fourth-order valence-corrected chi connectivity index (χ4v) is 11.6. The van der Waals surface area contributed by atoms with Crippen LogP contribution in [-0.2, 0) is 65.4 Å². The quantitative estimate of drug-likeness (QED) is 0.0169. The summed E-state index contributed by atoms with van der Waals surface area (Å²) in [5.74, 6) is -2.28. The van der Waals surface area contributed by atoms with E-state index >= 15 is 0 Å². The molecule has 0 aromatic heterocycles. The van der Waals surface area contributed by atoms with Crippen molar-refractivity contribution in [1.29, 1.82) is 0 Å². The molecule has 0 amide bonds. The second-order valence-electron chi connectivity index (χ2n) is 25.9. The standard InChI is InChI=1S/C85H140O17P2/c1-5-9-13-17-21-25-29-33-36-38-39-41-44-47-50-54-58-62-66-70-83(88)96-76-81(102-85(90)72-68-64-60-56-52-48-42-35-31-27-23-19-15-11-7-3)78-100-104(93,94)98-74-79(86)73-97-103(91,92)99-77-80(101-84(89)71-67-63-59-55-51-45-32-28-24-20-16-12-8-4)75-95-82(87)69-65-61-57-53-49-46-43-40-37-34-30-26-22-18-14-10-6-2/h9-11,13-15,21-23,25-28,32-37,39,41-43,46,52,56,79-81,86H,5-8,12,16-20,24,29-31,38,40,44-45,47-51,53-55,57-78H2,1-4H3,(H,91,92)(H,93,94)/b13-9-,14-10-,15-11-,25-21-,26-22-,27-23-,32-28-,36-33-,37-34-,41-39-,42-35-,46-43-,56-52-. The SMILES string of the molecule is CC/C=C\C/C=C\C/C=C\C/C=C\CCCCCCCCC(=O)OCC(COP(=O)(O)OCC(O)COP(=O)(O)OCC(COC(=O)CCCCCC/C=C\C/C=C\C/C=C\C/C=C\CC)OC(=O)CCCCCCC/C=C\CCCCCC)OC(=O)CCCC/C=C\C/C=C\C/C=C\C/C=C\CC. The molecule has 3 N–H and O–H groups in total. The number of hydrogen-bond acceptors (Lipinski definition) is 15. The highest BCUT2D eigenvalue weighted by molar-refractivity contribution is 7.47. The molecule has 0 rings (SSSR count). The minimum atomic E-state index is -5.00. The second kappa shape index (κ2) is 75.9. The molecule has 0 saturated carbocycles. The molecular weight excluding hydrogens is 1350 g/mol. The lowest BCUT2D eigenvalue weighted by Gasteiger charge is -2.21. The van der Waals surface area contributed by atoms with E-state index in [1.54, 1.807) is 0 Å². The number of phosphoric acid groups is 2. The summed E-state index contributed by atoms with van der Waals surface area (Å²) < 4.78 is 68.5. The molecule has 17 nitrogen and oxygen atoms in total. The number of aliphatic hydroxyl groups is 1. The van der Waals surface area contributed by atoms with Gasteiger partial charge in [-0.3, -0.25) is 37.3 Å². The molecule has 0 saturated heterocycles. The lowest BCUT2D eigenvalue weighted by molar-refractivity contribution is -0.161. The van der Waals surface area contributed by atoms with Crippen LogP contribution in [-0.4, -0.2) is 96.7 Å². The fraction of sp³-hybridized carbons (Fsp3) is 0.647. The van der Waals surface area contributed by atoms with Crippen LogP contribution in [0.4, 0.5) is 0 Å². The summed E-state index contributed by atoms with van der Waals surface area (Å²) in [6.07, 6.45) is 88.0. The largest absolute Gasteiger partial charge is 0.472 e. The first kappa shape index (κ1) is 98.7. The van der Waals surface area contributed by atoms with Gasteiger partial charge in [-0.15, -0.1) is 0 Å². The molecule has 0 bridgehead atoms. The van der Waals surface area contributed by atoms with Gasteiger partial charge in [-0.25, -0.2) is 9.13 Å². The number of carbonyl (C=O) groups is 4. The van der Waals surface area contributed by atoms with E-state index in [4.69, 9.17) is 37.0 Å². The lowest BCUT2D eigenvalue weighted by Crippen LogP contribution is -2.30. The van der Waals surface area contributed by atoms with Crippen LogP contribution in [0.2, 0.25) is 0 Å². The van der Waals surface area contributed by atoms with Crippen LogP contribution in [0.5, 0.6) is 0 Å². The Morgan fingerprint density at radius 1 is 0.279 bits per heavy atom. The number of aliphatic hydroxyl groups excluding tert-OH is 1. The topological polar surface area (TPSA) is 237 Å². The predicted molar refractivity (Wildman–Crippen MR) is 427 cm³/mol. The maximum atomic E-state index is 13.1. The number of unbranched alkanes of at least 4 members (excludes halogenated alkanes) is 21. The number of allylic oxidation sites excluding steroid dienone is 26. The van der Waals surface area contributed by atoms with E-state index in [1.165, 1.54) is 25.7 Å². The number of rotatable bonds is 73. The molecule has 0 heterocycles. The van der Waals surface area contributed by atoms with E-state index in [0.717, 1.165) is 186 Å². The van der Waals surface area contributed by atoms with Crippen molar-refractivity contribution in [3.05, 3.63) is 158 Å². The van der Waals surface area contributed by atoms with Crippen LogP contribution in [0.3, 0.4) is 0 Å². The van der Waals surface area contributed by atoms with Crippen LogP contribution in [0.25, 0.3) is 0 Å². The van der Waals surface area contributed by atoms with Gasteiger partial charge in [0.1, 0.15) is 19.3 Å². The molecule has 19 heteroatoms. The third-order valence-electron chi connectivity index (χ3n) is 16.0. The summed E-state index contributed by atoms with van der Waals surface area (Å²) in [6, 6.07) is 0. The average molecular weight is 1500 g/mol. The summed E-state index contributed by atoms with van der Waals surface area (Å²) in [7, 11) is -9.99. The van der Waals surface area contributed by atoms with Crippen LogP contribution in [0, 0.1) is 0 Å². The Morgan fingerprint density at radius 3 is 0.798 bits per heavy atom. The number of ether oxygens (including phenoxy) is 4. The Labute approximate surface area is 629 Å². The van der Waals surface area contributed by atoms with Gasteiger partial charge >= 0.3 is 39.5 Å². The lowest BCUT2D eigenvalue weighted by atomic mass is 10.1. The van der Waals surface area contributed by atoms with Crippen molar-refractivity contribution in [3.63, 3.8) is 0 Å². The Hall–Kier alpha value is -5.32. The smallest absolute Gasteiger partial charge is 0.462 e. The predicted octanol–water partition coefficient (Wildman–Crippen LogP) is 23.2. The molecule has 104 heavy (non-hydrogen) atoms. The Kier molecular flexibility index (Phi) is 72.0. The summed E-state index contributed by atoms with van der Waals surface area (Å²) in [4.78, 5) is 73.0. The van der Waals surface area contributed by atoms with E-state index < -0.39 is 97.5 Å². The van der Waals surface area contributed by atoms with Gasteiger partial charge in [0.25, 0.3) is 0 Å². The molecule has 0 aromatic rings. The molecule has 592 valence electrons. The highest BCUT2D eigenvalue weighted by Gasteiger charge is 2.30. The van der Waals surface area contributed by atoms with Crippen molar-refractivity contribution in [3.8, 4) is 0 Å². The van der Waals surface area contributed by atoms with Gasteiger partial charge in [0, 0.05) is 25.7 Å². The second-order valence-corrected chi connectivity index (χ2v) is 28.8. The number of hydrogen-bond donors (Lipinski definition) is 3.